The Bertz CT molecular complexity index is 307. The molecule has 0 aliphatic heterocycles. The first kappa shape index (κ1) is 10.7. The van der Waals surface area contributed by atoms with Crippen LogP contribution in [-0.2, 0) is 16.2 Å². The van der Waals surface area contributed by atoms with Gasteiger partial charge in [-0.3, -0.25) is 4.89 Å². The molecule has 0 atom stereocenters. The van der Waals surface area contributed by atoms with E-state index in [2.05, 4.69) is 9.78 Å². The van der Waals surface area contributed by atoms with Crippen LogP contribution in [-0.4, -0.2) is 12.6 Å². The number of carbonyl (C=O) groups is 1. The maximum Gasteiger partial charge on any atom is 0.373 e. The van der Waals surface area contributed by atoms with Crippen LogP contribution in [0.1, 0.15) is 29.8 Å². The quantitative estimate of drug-likeness (QED) is 0.545. The van der Waals surface area contributed by atoms with Crippen molar-refractivity contribution >= 4 is 5.97 Å². The van der Waals surface area contributed by atoms with Gasteiger partial charge < -0.3 is 0 Å². The summed E-state index contributed by atoms with van der Waals surface area (Å²) in [6, 6.07) is 7.32. The lowest BCUT2D eigenvalue weighted by atomic mass is 10.1. The van der Waals surface area contributed by atoms with Gasteiger partial charge in [0.15, 0.2) is 0 Å². The zero-order chi connectivity index (χ0) is 10.4. The third-order valence-corrected chi connectivity index (χ3v) is 1.82. The predicted molar refractivity (Wildman–Crippen MR) is 52.9 cm³/mol. The standard InChI is InChI=1S/C11H14O3/c1-3-9-6-5-7-10(8-9)11(12)14-13-4-2/h5-8H,3-4H2,1-2H3. The molecule has 3 nitrogen and oxygen atoms in total. The summed E-state index contributed by atoms with van der Waals surface area (Å²) in [5.41, 5.74) is 1.63. The summed E-state index contributed by atoms with van der Waals surface area (Å²) in [4.78, 5) is 20.4. The first-order valence-electron chi connectivity index (χ1n) is 4.70. The molecular formula is C11H14O3. The summed E-state index contributed by atoms with van der Waals surface area (Å²) in [7, 11) is 0. The van der Waals surface area contributed by atoms with Gasteiger partial charge in [-0.25, -0.2) is 4.79 Å². The highest BCUT2D eigenvalue weighted by molar-refractivity contribution is 5.89. The van der Waals surface area contributed by atoms with Crippen LogP contribution in [0.2, 0.25) is 0 Å². The van der Waals surface area contributed by atoms with Gasteiger partial charge in [-0.05, 0) is 31.0 Å². The number of hydrogen-bond acceptors (Lipinski definition) is 3. The molecule has 1 aromatic rings. The molecule has 76 valence electrons. The Morgan fingerprint density at radius 3 is 2.79 bits per heavy atom. The van der Waals surface area contributed by atoms with Crippen molar-refractivity contribution in [3.05, 3.63) is 35.4 Å². The summed E-state index contributed by atoms with van der Waals surface area (Å²) >= 11 is 0. The summed E-state index contributed by atoms with van der Waals surface area (Å²) in [6.45, 7) is 4.15. The zero-order valence-electron chi connectivity index (χ0n) is 8.45. The third-order valence-electron chi connectivity index (χ3n) is 1.82. The summed E-state index contributed by atoms with van der Waals surface area (Å²) < 4.78 is 0. The number of benzene rings is 1. The summed E-state index contributed by atoms with van der Waals surface area (Å²) in [5, 5.41) is 0. The topological polar surface area (TPSA) is 35.5 Å². The van der Waals surface area contributed by atoms with E-state index in [0.29, 0.717) is 12.2 Å². The van der Waals surface area contributed by atoms with Crippen LogP contribution in [0.3, 0.4) is 0 Å². The molecule has 1 aromatic carbocycles. The lowest BCUT2D eigenvalue weighted by molar-refractivity contribution is -0.236. The van der Waals surface area contributed by atoms with Gasteiger partial charge in [0.25, 0.3) is 0 Å². The fraction of sp³-hybridized carbons (Fsp3) is 0.364. The number of carbonyl (C=O) groups excluding carboxylic acids is 1. The predicted octanol–water partition coefficient (Wildman–Crippen LogP) is 2.36. The van der Waals surface area contributed by atoms with Crippen molar-refractivity contribution in [3.8, 4) is 0 Å². The van der Waals surface area contributed by atoms with Crippen molar-refractivity contribution in [3.63, 3.8) is 0 Å². The van der Waals surface area contributed by atoms with E-state index in [1.165, 1.54) is 0 Å². The first-order chi connectivity index (χ1) is 6.77. The molecule has 0 unspecified atom stereocenters. The molecule has 0 N–H and O–H groups in total. The second-order valence-corrected chi connectivity index (χ2v) is 2.83. The number of aryl methyl sites for hydroxylation is 1. The minimum Gasteiger partial charge on any atom is -0.293 e. The monoisotopic (exact) mass is 194 g/mol. The van der Waals surface area contributed by atoms with Gasteiger partial charge in [0.2, 0.25) is 0 Å². The highest BCUT2D eigenvalue weighted by atomic mass is 17.2. The maximum atomic E-state index is 11.3. The molecule has 3 heteroatoms. The molecular weight excluding hydrogens is 180 g/mol. The molecule has 0 heterocycles. The van der Waals surface area contributed by atoms with Crippen molar-refractivity contribution in [1.29, 1.82) is 0 Å². The molecule has 0 aliphatic rings. The second-order valence-electron chi connectivity index (χ2n) is 2.83. The van der Waals surface area contributed by atoms with Crippen molar-refractivity contribution in [1.82, 2.24) is 0 Å². The number of hydrogen-bond donors (Lipinski definition) is 0. The van der Waals surface area contributed by atoms with Crippen molar-refractivity contribution in [2.24, 2.45) is 0 Å². The van der Waals surface area contributed by atoms with Crippen LogP contribution in [0.15, 0.2) is 24.3 Å². The van der Waals surface area contributed by atoms with Gasteiger partial charge in [-0.2, -0.15) is 4.89 Å². The van der Waals surface area contributed by atoms with Gasteiger partial charge in [-0.15, -0.1) is 0 Å². The molecule has 0 spiro atoms. The highest BCUT2D eigenvalue weighted by Crippen LogP contribution is 2.07. The van der Waals surface area contributed by atoms with E-state index in [4.69, 9.17) is 0 Å². The van der Waals surface area contributed by atoms with Crippen LogP contribution >= 0.6 is 0 Å². The molecule has 1 rings (SSSR count). The normalized spacial score (nSPS) is 9.86. The van der Waals surface area contributed by atoms with E-state index < -0.39 is 5.97 Å². The van der Waals surface area contributed by atoms with Crippen molar-refractivity contribution in [2.75, 3.05) is 6.61 Å². The SMILES string of the molecule is CCOOC(=O)c1cccc(CC)c1. The molecule has 0 amide bonds. The molecule has 0 saturated carbocycles. The fourth-order valence-electron chi connectivity index (χ4n) is 1.08. The van der Waals surface area contributed by atoms with Gasteiger partial charge in [0.05, 0.1) is 12.2 Å². The van der Waals surface area contributed by atoms with Gasteiger partial charge in [0, 0.05) is 0 Å². The number of rotatable bonds is 4. The van der Waals surface area contributed by atoms with E-state index >= 15 is 0 Å². The second kappa shape index (κ2) is 5.40. The van der Waals surface area contributed by atoms with E-state index in [9.17, 15) is 4.79 Å². The van der Waals surface area contributed by atoms with Gasteiger partial charge in [0.1, 0.15) is 0 Å². The Hall–Kier alpha value is -1.35. The Morgan fingerprint density at radius 2 is 2.14 bits per heavy atom. The molecule has 14 heavy (non-hydrogen) atoms. The van der Waals surface area contributed by atoms with E-state index in [1.807, 2.05) is 19.1 Å². The van der Waals surface area contributed by atoms with Gasteiger partial charge in [-0.1, -0.05) is 19.1 Å². The largest absolute Gasteiger partial charge is 0.373 e. The molecule has 0 bridgehead atoms. The Kier molecular flexibility index (Phi) is 4.13. The summed E-state index contributed by atoms with van der Waals surface area (Å²) in [5.74, 6) is -0.442. The minimum absolute atomic E-state index is 0.360. The minimum atomic E-state index is -0.442. The Labute approximate surface area is 83.6 Å². The van der Waals surface area contributed by atoms with Gasteiger partial charge >= 0.3 is 5.97 Å². The van der Waals surface area contributed by atoms with Crippen LogP contribution in [0.5, 0.6) is 0 Å². The molecule has 0 saturated heterocycles. The molecule has 0 radical (unpaired) electrons. The van der Waals surface area contributed by atoms with Crippen molar-refractivity contribution in [2.45, 2.75) is 20.3 Å². The van der Waals surface area contributed by atoms with Crippen LogP contribution in [0, 0.1) is 0 Å². The lowest BCUT2D eigenvalue weighted by Crippen LogP contribution is -2.06. The highest BCUT2D eigenvalue weighted by Gasteiger charge is 2.07. The third kappa shape index (κ3) is 2.85. The average molecular weight is 194 g/mol. The first-order valence-corrected chi connectivity index (χ1v) is 4.70. The van der Waals surface area contributed by atoms with E-state index in [0.717, 1.165) is 12.0 Å². The van der Waals surface area contributed by atoms with Crippen molar-refractivity contribution < 1.29 is 14.6 Å². The van der Waals surface area contributed by atoms with E-state index in [-0.39, 0.29) is 0 Å². The molecule has 0 aliphatic carbocycles. The fourth-order valence-corrected chi connectivity index (χ4v) is 1.08. The molecule has 0 fully saturated rings. The smallest absolute Gasteiger partial charge is 0.293 e. The Balaban J connectivity index is 2.69. The Morgan fingerprint density at radius 1 is 1.36 bits per heavy atom. The maximum absolute atomic E-state index is 11.3. The van der Waals surface area contributed by atoms with E-state index in [1.54, 1.807) is 19.1 Å². The summed E-state index contributed by atoms with van der Waals surface area (Å²) in [6.07, 6.45) is 0.899. The van der Waals surface area contributed by atoms with Crippen LogP contribution < -0.4 is 0 Å². The van der Waals surface area contributed by atoms with Crippen LogP contribution in [0.4, 0.5) is 0 Å². The van der Waals surface area contributed by atoms with Crippen LogP contribution in [0.25, 0.3) is 0 Å². The zero-order valence-corrected chi connectivity index (χ0v) is 8.45. The average Bonchev–Trinajstić information content (AvgIpc) is 2.26. The molecule has 0 aromatic heterocycles. The lowest BCUT2D eigenvalue weighted by Gasteiger charge is -2.02.